The number of hydrogen-bond acceptors (Lipinski definition) is 3. The van der Waals surface area contributed by atoms with Crippen LogP contribution in [0.4, 0.5) is 0 Å². The van der Waals surface area contributed by atoms with Crippen molar-refractivity contribution < 1.29 is 0 Å². The molecule has 1 aromatic rings. The Morgan fingerprint density at radius 1 is 1.67 bits per heavy atom. The zero-order chi connectivity index (χ0) is 10.7. The van der Waals surface area contributed by atoms with Crippen LogP contribution in [0.15, 0.2) is 17.5 Å². The smallest absolute Gasteiger partial charge is 0.0410 e. The Balaban J connectivity index is 1.87. The highest BCUT2D eigenvalue weighted by Gasteiger charge is 2.19. The van der Waals surface area contributed by atoms with Crippen LogP contribution in [-0.4, -0.2) is 31.6 Å². The molecule has 1 N–H and O–H groups in total. The van der Waals surface area contributed by atoms with Gasteiger partial charge in [-0.3, -0.25) is 4.90 Å². The standard InChI is InChI=1S/C12H20N2S/c1-10(12-4-3-7-15-12)14(2)9-11-5-6-13-8-11/h3-4,7,10-11,13H,5-6,8-9H2,1-2H3/t10-,11+/m1/s1. The average molecular weight is 224 g/mol. The largest absolute Gasteiger partial charge is 0.316 e. The van der Waals surface area contributed by atoms with Gasteiger partial charge in [0.1, 0.15) is 0 Å². The number of nitrogens with one attached hydrogen (secondary N) is 1. The van der Waals surface area contributed by atoms with Crippen LogP contribution in [0.1, 0.15) is 24.3 Å². The summed E-state index contributed by atoms with van der Waals surface area (Å²) in [5, 5.41) is 5.59. The number of rotatable bonds is 4. The molecule has 0 bridgehead atoms. The van der Waals surface area contributed by atoms with E-state index in [9.17, 15) is 0 Å². The van der Waals surface area contributed by atoms with E-state index < -0.39 is 0 Å². The maximum absolute atomic E-state index is 3.43. The minimum Gasteiger partial charge on any atom is -0.316 e. The molecule has 0 radical (unpaired) electrons. The van der Waals surface area contributed by atoms with Crippen LogP contribution in [-0.2, 0) is 0 Å². The maximum atomic E-state index is 3.43. The van der Waals surface area contributed by atoms with Gasteiger partial charge in [0.2, 0.25) is 0 Å². The first-order chi connectivity index (χ1) is 7.27. The second-order valence-electron chi connectivity index (χ2n) is 4.49. The van der Waals surface area contributed by atoms with Crippen molar-refractivity contribution in [3.63, 3.8) is 0 Å². The first-order valence-electron chi connectivity index (χ1n) is 5.71. The molecule has 1 saturated heterocycles. The van der Waals surface area contributed by atoms with Crippen LogP contribution in [0.2, 0.25) is 0 Å². The van der Waals surface area contributed by atoms with E-state index >= 15 is 0 Å². The van der Waals surface area contributed by atoms with E-state index in [0.717, 1.165) is 5.92 Å². The molecule has 0 amide bonds. The summed E-state index contributed by atoms with van der Waals surface area (Å²) in [4.78, 5) is 3.95. The topological polar surface area (TPSA) is 15.3 Å². The van der Waals surface area contributed by atoms with Crippen LogP contribution in [0.5, 0.6) is 0 Å². The molecule has 0 spiro atoms. The highest BCUT2D eigenvalue weighted by molar-refractivity contribution is 7.10. The van der Waals surface area contributed by atoms with Crippen molar-refractivity contribution in [3.05, 3.63) is 22.4 Å². The van der Waals surface area contributed by atoms with E-state index in [2.05, 4.69) is 41.7 Å². The molecule has 0 aromatic carbocycles. The van der Waals surface area contributed by atoms with E-state index in [0.29, 0.717) is 6.04 Å². The highest BCUT2D eigenvalue weighted by Crippen LogP contribution is 2.24. The molecule has 0 saturated carbocycles. The number of nitrogens with zero attached hydrogens (tertiary/aromatic N) is 1. The lowest BCUT2D eigenvalue weighted by Crippen LogP contribution is -2.29. The first kappa shape index (κ1) is 11.1. The van der Waals surface area contributed by atoms with E-state index in [-0.39, 0.29) is 0 Å². The maximum Gasteiger partial charge on any atom is 0.0410 e. The van der Waals surface area contributed by atoms with E-state index in [1.165, 1.54) is 30.9 Å². The molecule has 1 aliphatic heterocycles. The molecule has 2 heterocycles. The first-order valence-corrected chi connectivity index (χ1v) is 6.59. The van der Waals surface area contributed by atoms with Crippen molar-refractivity contribution in [2.24, 2.45) is 5.92 Å². The Labute approximate surface area is 96.3 Å². The Morgan fingerprint density at radius 2 is 2.53 bits per heavy atom. The molecule has 2 nitrogen and oxygen atoms in total. The summed E-state index contributed by atoms with van der Waals surface area (Å²) in [6.07, 6.45) is 1.33. The lowest BCUT2D eigenvalue weighted by Gasteiger charge is -2.26. The fraction of sp³-hybridized carbons (Fsp3) is 0.667. The van der Waals surface area contributed by atoms with Gasteiger partial charge in [0.25, 0.3) is 0 Å². The summed E-state index contributed by atoms with van der Waals surface area (Å²) in [6.45, 7) is 5.91. The van der Waals surface area contributed by atoms with Crippen LogP contribution in [0.25, 0.3) is 0 Å². The molecule has 3 heteroatoms. The molecule has 1 fully saturated rings. The zero-order valence-corrected chi connectivity index (χ0v) is 10.4. The summed E-state index contributed by atoms with van der Waals surface area (Å²) in [6, 6.07) is 4.94. The summed E-state index contributed by atoms with van der Waals surface area (Å²) in [7, 11) is 2.24. The lowest BCUT2D eigenvalue weighted by atomic mass is 10.1. The van der Waals surface area contributed by atoms with Crippen LogP contribution in [0, 0.1) is 5.92 Å². The number of thiophene rings is 1. The Morgan fingerprint density at radius 3 is 3.13 bits per heavy atom. The van der Waals surface area contributed by atoms with Crippen molar-refractivity contribution >= 4 is 11.3 Å². The van der Waals surface area contributed by atoms with Gasteiger partial charge in [-0.15, -0.1) is 11.3 Å². The van der Waals surface area contributed by atoms with Crippen molar-refractivity contribution in [1.29, 1.82) is 0 Å². The Bertz CT molecular complexity index is 278. The average Bonchev–Trinajstić information content (AvgIpc) is 2.88. The quantitative estimate of drug-likeness (QED) is 0.844. The van der Waals surface area contributed by atoms with Crippen LogP contribution < -0.4 is 5.32 Å². The predicted octanol–water partition coefficient (Wildman–Crippen LogP) is 2.35. The van der Waals surface area contributed by atoms with Gasteiger partial charge >= 0.3 is 0 Å². The van der Waals surface area contributed by atoms with Gasteiger partial charge in [-0.05, 0) is 50.8 Å². The molecule has 1 aromatic heterocycles. The van der Waals surface area contributed by atoms with Gasteiger partial charge in [-0.25, -0.2) is 0 Å². The van der Waals surface area contributed by atoms with Gasteiger partial charge in [0, 0.05) is 17.5 Å². The zero-order valence-electron chi connectivity index (χ0n) is 9.57. The minimum atomic E-state index is 0.561. The van der Waals surface area contributed by atoms with E-state index in [1.54, 1.807) is 0 Å². The summed E-state index contributed by atoms with van der Waals surface area (Å²) >= 11 is 1.86. The SMILES string of the molecule is C[C@H](c1cccs1)N(C)C[C@H]1CCNC1. The molecular weight excluding hydrogens is 204 g/mol. The van der Waals surface area contributed by atoms with Crippen molar-refractivity contribution in [3.8, 4) is 0 Å². The van der Waals surface area contributed by atoms with Crippen molar-refractivity contribution in [2.75, 3.05) is 26.7 Å². The van der Waals surface area contributed by atoms with E-state index in [4.69, 9.17) is 0 Å². The van der Waals surface area contributed by atoms with Gasteiger partial charge in [0.05, 0.1) is 0 Å². The summed E-state index contributed by atoms with van der Waals surface area (Å²) < 4.78 is 0. The van der Waals surface area contributed by atoms with Gasteiger partial charge in [-0.1, -0.05) is 6.07 Å². The van der Waals surface area contributed by atoms with Gasteiger partial charge in [0.15, 0.2) is 0 Å². The predicted molar refractivity (Wildman–Crippen MR) is 66.3 cm³/mol. The van der Waals surface area contributed by atoms with E-state index in [1.807, 2.05) is 11.3 Å². The fourth-order valence-electron chi connectivity index (χ4n) is 2.18. The second-order valence-corrected chi connectivity index (χ2v) is 5.47. The fourth-order valence-corrected chi connectivity index (χ4v) is 3.03. The number of hydrogen-bond donors (Lipinski definition) is 1. The third-order valence-corrected chi connectivity index (χ3v) is 4.37. The Kier molecular flexibility index (Phi) is 3.78. The van der Waals surface area contributed by atoms with Gasteiger partial charge < -0.3 is 5.32 Å². The molecule has 0 aliphatic carbocycles. The normalized spacial score (nSPS) is 23.5. The third kappa shape index (κ3) is 2.80. The minimum absolute atomic E-state index is 0.561. The molecular formula is C12H20N2S. The third-order valence-electron chi connectivity index (χ3n) is 3.32. The van der Waals surface area contributed by atoms with Gasteiger partial charge in [-0.2, -0.15) is 0 Å². The molecule has 84 valence electrons. The van der Waals surface area contributed by atoms with Crippen molar-refractivity contribution in [1.82, 2.24) is 10.2 Å². The van der Waals surface area contributed by atoms with Crippen LogP contribution in [0.3, 0.4) is 0 Å². The molecule has 15 heavy (non-hydrogen) atoms. The lowest BCUT2D eigenvalue weighted by molar-refractivity contribution is 0.229. The highest BCUT2D eigenvalue weighted by atomic mass is 32.1. The molecule has 2 atom stereocenters. The molecule has 2 rings (SSSR count). The Hall–Kier alpha value is -0.380. The second kappa shape index (κ2) is 5.10. The van der Waals surface area contributed by atoms with Crippen molar-refractivity contribution in [2.45, 2.75) is 19.4 Å². The summed E-state index contributed by atoms with van der Waals surface area (Å²) in [5.41, 5.74) is 0. The molecule has 0 unspecified atom stereocenters. The molecule has 1 aliphatic rings. The summed E-state index contributed by atoms with van der Waals surface area (Å²) in [5.74, 6) is 0.845. The monoisotopic (exact) mass is 224 g/mol. The van der Waals surface area contributed by atoms with Crippen LogP contribution >= 0.6 is 11.3 Å².